The summed E-state index contributed by atoms with van der Waals surface area (Å²) in [7, 11) is 0. The first-order chi connectivity index (χ1) is 8.27. The number of ether oxygens (including phenoxy) is 1. The largest absolute Gasteiger partial charge is 0.371 e. The summed E-state index contributed by atoms with van der Waals surface area (Å²) in [5, 5.41) is 6.43. The van der Waals surface area contributed by atoms with Crippen LogP contribution in [0.25, 0.3) is 0 Å². The minimum absolute atomic E-state index is 0.0388. The fraction of sp³-hybridized carbons (Fsp3) is 0.583. The molecule has 2 saturated heterocycles. The van der Waals surface area contributed by atoms with Crippen molar-refractivity contribution < 1.29 is 9.13 Å². The van der Waals surface area contributed by atoms with E-state index in [-0.39, 0.29) is 17.5 Å². The summed E-state index contributed by atoms with van der Waals surface area (Å²) in [6.07, 6.45) is 3.54. The second-order valence-corrected chi connectivity index (χ2v) is 4.80. The van der Waals surface area contributed by atoms with Crippen LogP contribution >= 0.6 is 0 Å². The number of rotatable bonds is 2. The first kappa shape index (κ1) is 10.9. The summed E-state index contributed by atoms with van der Waals surface area (Å²) in [6.45, 7) is 2.53. The van der Waals surface area contributed by atoms with Gasteiger partial charge in [0.15, 0.2) is 11.6 Å². The third-order valence-corrected chi connectivity index (χ3v) is 3.51. The standard InChI is InChI=1S/C12H16FN3O/c13-10-2-1-4-15-11(10)16-9-6-12(17-7-9)3-5-14-8-12/h1-2,4,9,14H,3,5-8H2,(H,15,16). The van der Waals surface area contributed by atoms with Crippen LogP contribution in [0.3, 0.4) is 0 Å². The van der Waals surface area contributed by atoms with Gasteiger partial charge in [-0.05, 0) is 25.1 Å². The van der Waals surface area contributed by atoms with Gasteiger partial charge in [-0.1, -0.05) is 0 Å². The first-order valence-electron chi connectivity index (χ1n) is 5.99. The second-order valence-electron chi connectivity index (χ2n) is 4.80. The lowest BCUT2D eigenvalue weighted by molar-refractivity contribution is 0.0214. The highest BCUT2D eigenvalue weighted by atomic mass is 19.1. The Morgan fingerprint density at radius 2 is 2.53 bits per heavy atom. The van der Waals surface area contributed by atoms with E-state index in [2.05, 4.69) is 15.6 Å². The predicted molar refractivity (Wildman–Crippen MR) is 62.4 cm³/mol. The maximum atomic E-state index is 13.4. The van der Waals surface area contributed by atoms with Crippen LogP contribution in [0.1, 0.15) is 12.8 Å². The van der Waals surface area contributed by atoms with E-state index in [1.165, 1.54) is 6.07 Å². The van der Waals surface area contributed by atoms with Crippen LogP contribution in [-0.2, 0) is 4.74 Å². The van der Waals surface area contributed by atoms with Crippen molar-refractivity contribution >= 4 is 5.82 Å². The molecule has 5 heteroatoms. The molecular formula is C12H16FN3O. The third kappa shape index (κ3) is 2.12. The van der Waals surface area contributed by atoms with Gasteiger partial charge < -0.3 is 15.4 Å². The number of aromatic nitrogens is 1. The van der Waals surface area contributed by atoms with Crippen LogP contribution in [0.15, 0.2) is 18.3 Å². The summed E-state index contributed by atoms with van der Waals surface area (Å²) in [5.41, 5.74) is -0.0388. The molecule has 0 bridgehead atoms. The first-order valence-corrected chi connectivity index (χ1v) is 5.99. The van der Waals surface area contributed by atoms with Gasteiger partial charge in [-0.2, -0.15) is 0 Å². The molecule has 3 heterocycles. The molecule has 0 saturated carbocycles. The lowest BCUT2D eigenvalue weighted by Gasteiger charge is -2.20. The molecule has 17 heavy (non-hydrogen) atoms. The summed E-state index contributed by atoms with van der Waals surface area (Å²) in [6, 6.07) is 3.16. The number of pyridine rings is 1. The molecule has 1 aromatic heterocycles. The van der Waals surface area contributed by atoms with Gasteiger partial charge in [-0.25, -0.2) is 9.37 Å². The van der Waals surface area contributed by atoms with E-state index in [9.17, 15) is 4.39 Å². The molecule has 0 aliphatic carbocycles. The smallest absolute Gasteiger partial charge is 0.165 e. The molecule has 1 aromatic rings. The van der Waals surface area contributed by atoms with E-state index in [0.717, 1.165) is 25.9 Å². The molecule has 2 fully saturated rings. The zero-order valence-corrected chi connectivity index (χ0v) is 9.58. The molecule has 2 N–H and O–H groups in total. The average Bonchev–Trinajstić information content (AvgIpc) is 2.94. The van der Waals surface area contributed by atoms with Gasteiger partial charge in [0.2, 0.25) is 0 Å². The zero-order valence-electron chi connectivity index (χ0n) is 9.58. The number of hydrogen-bond acceptors (Lipinski definition) is 4. The Labute approximate surface area is 99.6 Å². The van der Waals surface area contributed by atoms with Crippen molar-refractivity contribution in [1.29, 1.82) is 0 Å². The normalized spacial score (nSPS) is 32.2. The molecule has 0 aromatic carbocycles. The van der Waals surface area contributed by atoms with Gasteiger partial charge in [0, 0.05) is 19.2 Å². The molecule has 2 unspecified atom stereocenters. The van der Waals surface area contributed by atoms with Gasteiger partial charge in [-0.15, -0.1) is 0 Å². The topological polar surface area (TPSA) is 46.2 Å². The minimum atomic E-state index is -0.307. The molecule has 2 aliphatic heterocycles. The maximum Gasteiger partial charge on any atom is 0.165 e. The van der Waals surface area contributed by atoms with Crippen LogP contribution in [0, 0.1) is 5.82 Å². The highest BCUT2D eigenvalue weighted by molar-refractivity contribution is 5.37. The Balaban J connectivity index is 1.66. The van der Waals surface area contributed by atoms with Gasteiger partial charge >= 0.3 is 0 Å². The highest BCUT2D eigenvalue weighted by Crippen LogP contribution is 2.32. The highest BCUT2D eigenvalue weighted by Gasteiger charge is 2.42. The van der Waals surface area contributed by atoms with E-state index in [1.807, 2.05) is 0 Å². The Morgan fingerprint density at radius 3 is 3.29 bits per heavy atom. The molecular weight excluding hydrogens is 221 g/mol. The Bertz CT molecular complexity index is 406. The Kier molecular flexibility index (Phi) is 2.72. The number of anilines is 1. The molecule has 92 valence electrons. The SMILES string of the molecule is Fc1cccnc1NC1COC2(CCNC2)C1. The van der Waals surface area contributed by atoms with E-state index in [0.29, 0.717) is 12.4 Å². The molecule has 3 rings (SSSR count). The van der Waals surface area contributed by atoms with E-state index in [4.69, 9.17) is 4.74 Å². The molecule has 2 aliphatic rings. The lowest BCUT2D eigenvalue weighted by Crippen LogP contribution is -2.31. The number of halogens is 1. The predicted octanol–water partition coefficient (Wildman–Crippen LogP) is 1.15. The van der Waals surface area contributed by atoms with Crippen LogP contribution in [0.5, 0.6) is 0 Å². The average molecular weight is 237 g/mol. The summed E-state index contributed by atoms with van der Waals surface area (Å²) >= 11 is 0. The third-order valence-electron chi connectivity index (χ3n) is 3.51. The van der Waals surface area contributed by atoms with Gasteiger partial charge in [0.05, 0.1) is 18.2 Å². The van der Waals surface area contributed by atoms with Crippen molar-refractivity contribution in [2.45, 2.75) is 24.5 Å². The number of nitrogens with one attached hydrogen (secondary N) is 2. The molecule has 4 nitrogen and oxygen atoms in total. The lowest BCUT2D eigenvalue weighted by atomic mass is 9.97. The minimum Gasteiger partial charge on any atom is -0.371 e. The molecule has 2 atom stereocenters. The van der Waals surface area contributed by atoms with Crippen molar-refractivity contribution in [1.82, 2.24) is 10.3 Å². The van der Waals surface area contributed by atoms with E-state index < -0.39 is 0 Å². The van der Waals surface area contributed by atoms with Crippen molar-refractivity contribution in [3.05, 3.63) is 24.1 Å². The summed E-state index contributed by atoms with van der Waals surface area (Å²) in [4.78, 5) is 4.00. The summed E-state index contributed by atoms with van der Waals surface area (Å²) in [5.74, 6) is 0.0158. The second kappa shape index (κ2) is 4.23. The van der Waals surface area contributed by atoms with Crippen molar-refractivity contribution in [2.24, 2.45) is 0 Å². The van der Waals surface area contributed by atoms with E-state index >= 15 is 0 Å². The molecule has 0 amide bonds. The van der Waals surface area contributed by atoms with Crippen LogP contribution in [0.4, 0.5) is 10.2 Å². The van der Waals surface area contributed by atoms with Crippen molar-refractivity contribution in [3.8, 4) is 0 Å². The van der Waals surface area contributed by atoms with Gasteiger partial charge in [0.25, 0.3) is 0 Å². The van der Waals surface area contributed by atoms with Crippen LogP contribution < -0.4 is 10.6 Å². The zero-order chi connectivity index (χ0) is 11.7. The van der Waals surface area contributed by atoms with Crippen molar-refractivity contribution in [3.63, 3.8) is 0 Å². The van der Waals surface area contributed by atoms with Crippen LogP contribution in [0.2, 0.25) is 0 Å². The Hall–Kier alpha value is -1.20. The maximum absolute atomic E-state index is 13.4. The monoisotopic (exact) mass is 237 g/mol. The Morgan fingerprint density at radius 1 is 1.59 bits per heavy atom. The fourth-order valence-corrected chi connectivity index (χ4v) is 2.64. The molecule has 0 radical (unpaired) electrons. The van der Waals surface area contributed by atoms with E-state index in [1.54, 1.807) is 12.3 Å². The number of hydrogen-bond donors (Lipinski definition) is 2. The van der Waals surface area contributed by atoms with Crippen LogP contribution in [-0.4, -0.2) is 36.3 Å². The van der Waals surface area contributed by atoms with Gasteiger partial charge in [-0.3, -0.25) is 0 Å². The van der Waals surface area contributed by atoms with Gasteiger partial charge in [0.1, 0.15) is 0 Å². The quantitative estimate of drug-likeness (QED) is 0.810. The fourth-order valence-electron chi connectivity index (χ4n) is 2.64. The molecule has 1 spiro atoms. The van der Waals surface area contributed by atoms with Crippen molar-refractivity contribution in [2.75, 3.05) is 25.0 Å². The summed E-state index contributed by atoms with van der Waals surface area (Å²) < 4.78 is 19.3. The number of nitrogens with zero attached hydrogens (tertiary/aromatic N) is 1.